The minimum absolute atomic E-state index is 0.00753. The van der Waals surface area contributed by atoms with Crippen molar-refractivity contribution in [3.8, 4) is 0 Å². The van der Waals surface area contributed by atoms with Gasteiger partial charge in [-0.15, -0.1) is 0 Å². The molecule has 18 heavy (non-hydrogen) atoms. The Balaban J connectivity index is 1.76. The van der Waals surface area contributed by atoms with Gasteiger partial charge in [-0.2, -0.15) is 0 Å². The number of benzene rings is 1. The first-order chi connectivity index (χ1) is 8.75. The van der Waals surface area contributed by atoms with Gasteiger partial charge in [0.15, 0.2) is 0 Å². The molecule has 98 valence electrons. The molecule has 1 aliphatic heterocycles. The summed E-state index contributed by atoms with van der Waals surface area (Å²) >= 11 is 0. The predicted octanol–water partition coefficient (Wildman–Crippen LogP) is 1.25. The molecule has 0 spiro atoms. The van der Waals surface area contributed by atoms with E-state index in [1.54, 1.807) is 18.2 Å². The highest BCUT2D eigenvalue weighted by Crippen LogP contribution is 2.09. The third-order valence-corrected chi connectivity index (χ3v) is 2.76. The van der Waals surface area contributed by atoms with Crippen LogP contribution in [0.4, 0.5) is 4.39 Å². The smallest absolute Gasteiger partial charge is 0.307 e. The second-order valence-corrected chi connectivity index (χ2v) is 4.18. The molecule has 1 fully saturated rings. The fourth-order valence-electron chi connectivity index (χ4n) is 1.78. The maximum absolute atomic E-state index is 13.3. The van der Waals surface area contributed by atoms with Gasteiger partial charge in [-0.3, -0.25) is 4.79 Å². The largest absolute Gasteiger partial charge is 0.461 e. The standard InChI is InChI=1S/C13H16FNO3/c14-12-4-2-1-3-10(12)8-18-13(16)7-11-9-17-6-5-15-11/h1-4,11,15H,5-9H2. The van der Waals surface area contributed by atoms with E-state index in [9.17, 15) is 9.18 Å². The summed E-state index contributed by atoms with van der Waals surface area (Å²) in [6.45, 7) is 1.89. The Bertz CT molecular complexity index is 405. The molecule has 1 atom stereocenters. The van der Waals surface area contributed by atoms with Gasteiger partial charge in [0.05, 0.1) is 19.6 Å². The number of hydrogen-bond donors (Lipinski definition) is 1. The quantitative estimate of drug-likeness (QED) is 0.820. The first kappa shape index (κ1) is 13.0. The van der Waals surface area contributed by atoms with E-state index in [-0.39, 0.29) is 30.9 Å². The van der Waals surface area contributed by atoms with Crippen LogP contribution in [0, 0.1) is 5.82 Å². The molecule has 1 saturated heterocycles. The summed E-state index contributed by atoms with van der Waals surface area (Å²) in [5.41, 5.74) is 0.388. The molecule has 1 aliphatic rings. The fourth-order valence-corrected chi connectivity index (χ4v) is 1.78. The molecule has 0 saturated carbocycles. The van der Waals surface area contributed by atoms with E-state index in [2.05, 4.69) is 5.32 Å². The molecule has 1 unspecified atom stereocenters. The topological polar surface area (TPSA) is 47.6 Å². The van der Waals surface area contributed by atoms with Crippen LogP contribution in [0.5, 0.6) is 0 Å². The van der Waals surface area contributed by atoms with Gasteiger partial charge >= 0.3 is 5.97 Å². The summed E-state index contributed by atoms with van der Waals surface area (Å²) in [5, 5.41) is 3.16. The van der Waals surface area contributed by atoms with Crippen molar-refractivity contribution in [1.29, 1.82) is 0 Å². The Morgan fingerprint density at radius 2 is 2.33 bits per heavy atom. The van der Waals surface area contributed by atoms with E-state index >= 15 is 0 Å². The number of ether oxygens (including phenoxy) is 2. The Hall–Kier alpha value is -1.46. The van der Waals surface area contributed by atoms with Crippen molar-refractivity contribution in [2.24, 2.45) is 0 Å². The monoisotopic (exact) mass is 253 g/mol. The Labute approximate surface area is 105 Å². The molecule has 1 heterocycles. The number of rotatable bonds is 4. The van der Waals surface area contributed by atoms with Gasteiger partial charge in [0.1, 0.15) is 12.4 Å². The van der Waals surface area contributed by atoms with E-state index < -0.39 is 0 Å². The van der Waals surface area contributed by atoms with Crippen molar-refractivity contribution in [3.05, 3.63) is 35.6 Å². The number of morpholine rings is 1. The van der Waals surface area contributed by atoms with Crippen molar-refractivity contribution in [1.82, 2.24) is 5.32 Å². The van der Waals surface area contributed by atoms with Gasteiger partial charge in [0, 0.05) is 18.2 Å². The van der Waals surface area contributed by atoms with Crippen LogP contribution < -0.4 is 5.32 Å². The minimum Gasteiger partial charge on any atom is -0.461 e. The molecule has 5 heteroatoms. The molecule has 0 aromatic heterocycles. The molecule has 1 N–H and O–H groups in total. The molecule has 0 aliphatic carbocycles. The first-order valence-corrected chi connectivity index (χ1v) is 5.96. The number of halogens is 1. The zero-order chi connectivity index (χ0) is 12.8. The van der Waals surface area contributed by atoms with Crippen molar-refractivity contribution in [2.75, 3.05) is 19.8 Å². The maximum atomic E-state index is 13.3. The first-order valence-electron chi connectivity index (χ1n) is 5.96. The Kier molecular flexibility index (Phi) is 4.66. The van der Waals surface area contributed by atoms with E-state index in [0.29, 0.717) is 18.8 Å². The summed E-state index contributed by atoms with van der Waals surface area (Å²) in [6.07, 6.45) is 0.244. The predicted molar refractivity (Wildman–Crippen MR) is 63.4 cm³/mol. The van der Waals surface area contributed by atoms with E-state index in [4.69, 9.17) is 9.47 Å². The van der Waals surface area contributed by atoms with Crippen molar-refractivity contribution >= 4 is 5.97 Å². The molecule has 1 aromatic rings. The van der Waals surface area contributed by atoms with Crippen molar-refractivity contribution < 1.29 is 18.7 Å². The van der Waals surface area contributed by atoms with E-state index in [0.717, 1.165) is 6.54 Å². The minimum atomic E-state index is -0.357. The van der Waals surface area contributed by atoms with Gasteiger partial charge in [0.2, 0.25) is 0 Å². The van der Waals surface area contributed by atoms with Crippen LogP contribution in [0.3, 0.4) is 0 Å². The van der Waals surface area contributed by atoms with Crippen LogP contribution in [-0.4, -0.2) is 31.8 Å². The van der Waals surface area contributed by atoms with Crippen LogP contribution >= 0.6 is 0 Å². The highest BCUT2D eigenvalue weighted by atomic mass is 19.1. The number of hydrogen-bond acceptors (Lipinski definition) is 4. The van der Waals surface area contributed by atoms with Crippen LogP contribution in [0.15, 0.2) is 24.3 Å². The average Bonchev–Trinajstić information content (AvgIpc) is 2.39. The Morgan fingerprint density at radius 1 is 1.50 bits per heavy atom. The van der Waals surface area contributed by atoms with Crippen LogP contribution in [-0.2, 0) is 20.9 Å². The average molecular weight is 253 g/mol. The van der Waals surface area contributed by atoms with Gasteiger partial charge in [0.25, 0.3) is 0 Å². The second-order valence-electron chi connectivity index (χ2n) is 4.18. The lowest BCUT2D eigenvalue weighted by atomic mass is 10.2. The summed E-state index contributed by atoms with van der Waals surface area (Å²) in [7, 11) is 0. The van der Waals surface area contributed by atoms with Gasteiger partial charge in [-0.1, -0.05) is 18.2 Å². The summed E-state index contributed by atoms with van der Waals surface area (Å²) in [6, 6.07) is 6.25. The maximum Gasteiger partial charge on any atom is 0.307 e. The Morgan fingerprint density at radius 3 is 3.06 bits per heavy atom. The van der Waals surface area contributed by atoms with Crippen LogP contribution in [0.1, 0.15) is 12.0 Å². The number of nitrogens with one attached hydrogen (secondary N) is 1. The second kappa shape index (κ2) is 6.47. The third-order valence-electron chi connectivity index (χ3n) is 2.76. The van der Waals surface area contributed by atoms with Crippen LogP contribution in [0.25, 0.3) is 0 Å². The summed E-state index contributed by atoms with van der Waals surface area (Å²) in [5.74, 6) is -0.703. The highest BCUT2D eigenvalue weighted by molar-refractivity contribution is 5.70. The van der Waals surface area contributed by atoms with Gasteiger partial charge in [-0.25, -0.2) is 4.39 Å². The molecular formula is C13H16FNO3. The lowest BCUT2D eigenvalue weighted by molar-refractivity contribution is -0.146. The number of esters is 1. The lowest BCUT2D eigenvalue weighted by Gasteiger charge is -2.22. The molecular weight excluding hydrogens is 237 g/mol. The molecule has 0 radical (unpaired) electrons. The lowest BCUT2D eigenvalue weighted by Crippen LogP contribution is -2.42. The summed E-state index contributed by atoms with van der Waals surface area (Å²) in [4.78, 5) is 11.6. The molecule has 4 nitrogen and oxygen atoms in total. The van der Waals surface area contributed by atoms with Crippen molar-refractivity contribution in [2.45, 2.75) is 19.1 Å². The SMILES string of the molecule is O=C(CC1COCCN1)OCc1ccccc1F. The van der Waals surface area contributed by atoms with E-state index in [1.807, 2.05) is 0 Å². The number of carbonyl (C=O) groups excluding carboxylic acids is 1. The molecule has 2 rings (SSSR count). The highest BCUT2D eigenvalue weighted by Gasteiger charge is 2.17. The zero-order valence-corrected chi connectivity index (χ0v) is 10.0. The van der Waals surface area contributed by atoms with Gasteiger partial charge in [-0.05, 0) is 6.07 Å². The molecule has 0 amide bonds. The number of carbonyl (C=O) groups is 1. The molecule has 0 bridgehead atoms. The summed E-state index contributed by atoms with van der Waals surface area (Å²) < 4.78 is 23.5. The third kappa shape index (κ3) is 3.78. The zero-order valence-electron chi connectivity index (χ0n) is 10.0. The fraction of sp³-hybridized carbons (Fsp3) is 0.462. The molecule has 1 aromatic carbocycles. The van der Waals surface area contributed by atoms with Gasteiger partial charge < -0.3 is 14.8 Å². The van der Waals surface area contributed by atoms with Crippen molar-refractivity contribution in [3.63, 3.8) is 0 Å². The van der Waals surface area contributed by atoms with E-state index in [1.165, 1.54) is 6.07 Å². The van der Waals surface area contributed by atoms with Crippen LogP contribution in [0.2, 0.25) is 0 Å². The normalized spacial score (nSPS) is 19.5.